The van der Waals surface area contributed by atoms with Crippen LogP contribution in [0.2, 0.25) is 0 Å². The summed E-state index contributed by atoms with van der Waals surface area (Å²) in [5, 5.41) is 11.6. The molecule has 5 heteroatoms. The molecule has 2 N–H and O–H groups in total. The molecule has 1 aromatic heterocycles. The maximum Gasteiger partial charge on any atom is 0.303 e. The second-order valence-corrected chi connectivity index (χ2v) is 4.30. The molecular formula is C10H16N2O2S. The average Bonchev–Trinajstić information content (AvgIpc) is 2.57. The van der Waals surface area contributed by atoms with E-state index < -0.39 is 5.97 Å². The minimum absolute atomic E-state index is 0.243. The van der Waals surface area contributed by atoms with Crippen LogP contribution < -0.4 is 5.32 Å². The van der Waals surface area contributed by atoms with Crippen molar-refractivity contribution in [3.05, 3.63) is 16.1 Å². The molecule has 1 heterocycles. The Morgan fingerprint density at radius 1 is 1.60 bits per heavy atom. The molecule has 1 aromatic rings. The van der Waals surface area contributed by atoms with Crippen molar-refractivity contribution < 1.29 is 9.90 Å². The maximum absolute atomic E-state index is 10.2. The zero-order chi connectivity index (χ0) is 11.1. The Hall–Kier alpha value is -0.940. The van der Waals surface area contributed by atoms with Gasteiger partial charge in [0.1, 0.15) is 0 Å². The second kappa shape index (κ2) is 6.53. The number of carboxylic acid groups (broad SMARTS) is 1. The average molecular weight is 228 g/mol. The van der Waals surface area contributed by atoms with Crippen molar-refractivity contribution in [2.24, 2.45) is 0 Å². The summed E-state index contributed by atoms with van der Waals surface area (Å²) in [6.07, 6.45) is 1.91. The topological polar surface area (TPSA) is 62.2 Å². The fourth-order valence-electron chi connectivity index (χ4n) is 1.26. The van der Waals surface area contributed by atoms with Crippen LogP contribution in [0.15, 0.2) is 5.51 Å². The Kier molecular flexibility index (Phi) is 5.28. The predicted molar refractivity (Wildman–Crippen MR) is 60.3 cm³/mol. The van der Waals surface area contributed by atoms with Crippen molar-refractivity contribution in [2.45, 2.75) is 26.2 Å². The quantitative estimate of drug-likeness (QED) is 0.693. The van der Waals surface area contributed by atoms with E-state index in [0.717, 1.165) is 25.2 Å². The number of hydrogen-bond donors (Lipinski definition) is 2. The number of aliphatic carboxylic acids is 1. The molecule has 0 saturated heterocycles. The van der Waals surface area contributed by atoms with E-state index in [1.807, 2.05) is 12.4 Å². The van der Waals surface area contributed by atoms with Crippen LogP contribution in [0.1, 0.15) is 23.4 Å². The van der Waals surface area contributed by atoms with E-state index in [0.29, 0.717) is 6.42 Å². The van der Waals surface area contributed by atoms with Crippen molar-refractivity contribution in [3.8, 4) is 0 Å². The molecule has 0 saturated carbocycles. The van der Waals surface area contributed by atoms with Gasteiger partial charge in [0.15, 0.2) is 0 Å². The van der Waals surface area contributed by atoms with Gasteiger partial charge >= 0.3 is 5.97 Å². The number of nitrogens with zero attached hydrogens (tertiary/aromatic N) is 1. The third kappa shape index (κ3) is 4.90. The first-order valence-corrected chi connectivity index (χ1v) is 5.89. The number of carboxylic acids is 1. The Labute approximate surface area is 93.4 Å². The number of rotatable bonds is 7. The molecule has 4 nitrogen and oxygen atoms in total. The summed E-state index contributed by atoms with van der Waals surface area (Å²) in [5.74, 6) is -0.727. The summed E-state index contributed by atoms with van der Waals surface area (Å²) in [6, 6.07) is 0. The lowest BCUT2D eigenvalue weighted by Gasteiger charge is -2.02. The van der Waals surface area contributed by atoms with Crippen molar-refractivity contribution in [1.82, 2.24) is 10.3 Å². The molecule has 1 rings (SSSR count). The molecule has 0 aromatic carbocycles. The molecule has 15 heavy (non-hydrogen) atoms. The molecule has 0 unspecified atom stereocenters. The van der Waals surface area contributed by atoms with Crippen molar-refractivity contribution >= 4 is 17.3 Å². The van der Waals surface area contributed by atoms with E-state index in [2.05, 4.69) is 10.3 Å². The Bertz CT molecular complexity index is 312. The fourth-order valence-corrected chi connectivity index (χ4v) is 2.04. The van der Waals surface area contributed by atoms with Gasteiger partial charge in [0.25, 0.3) is 0 Å². The number of nitrogens with one attached hydrogen (secondary N) is 1. The van der Waals surface area contributed by atoms with E-state index in [-0.39, 0.29) is 6.42 Å². The Balaban J connectivity index is 2.03. The summed E-state index contributed by atoms with van der Waals surface area (Å²) in [7, 11) is 0. The standard InChI is InChI=1S/C10H16N2O2S/c1-8-9(15-7-12-8)4-6-11-5-2-3-10(13)14/h7,11H,2-6H2,1H3,(H,13,14). The largest absolute Gasteiger partial charge is 0.481 e. The first-order chi connectivity index (χ1) is 7.20. The summed E-state index contributed by atoms with van der Waals surface area (Å²) < 4.78 is 0. The van der Waals surface area contributed by atoms with Gasteiger partial charge in [-0.25, -0.2) is 4.98 Å². The van der Waals surface area contributed by atoms with E-state index in [1.54, 1.807) is 11.3 Å². The van der Waals surface area contributed by atoms with Gasteiger partial charge in [0, 0.05) is 17.8 Å². The second-order valence-electron chi connectivity index (χ2n) is 3.36. The van der Waals surface area contributed by atoms with Crippen LogP contribution in [0.25, 0.3) is 0 Å². The number of carbonyl (C=O) groups is 1. The lowest BCUT2D eigenvalue weighted by atomic mass is 10.3. The molecule has 0 fully saturated rings. The van der Waals surface area contributed by atoms with Gasteiger partial charge in [-0.15, -0.1) is 11.3 Å². The highest BCUT2D eigenvalue weighted by molar-refractivity contribution is 7.09. The van der Waals surface area contributed by atoms with E-state index in [1.165, 1.54) is 4.88 Å². The molecule has 0 radical (unpaired) electrons. The number of hydrogen-bond acceptors (Lipinski definition) is 4. The monoisotopic (exact) mass is 228 g/mol. The smallest absolute Gasteiger partial charge is 0.303 e. The zero-order valence-electron chi connectivity index (χ0n) is 8.82. The third-order valence-electron chi connectivity index (χ3n) is 2.12. The van der Waals surface area contributed by atoms with Gasteiger partial charge in [0.2, 0.25) is 0 Å². The summed E-state index contributed by atoms with van der Waals surface area (Å²) in [5.41, 5.74) is 2.96. The number of thiazole rings is 1. The van der Waals surface area contributed by atoms with Crippen LogP contribution in [0.5, 0.6) is 0 Å². The SMILES string of the molecule is Cc1ncsc1CCNCCCC(=O)O. The predicted octanol–water partition coefficient (Wildman–Crippen LogP) is 1.45. The minimum Gasteiger partial charge on any atom is -0.481 e. The highest BCUT2D eigenvalue weighted by Crippen LogP contribution is 2.11. The summed E-state index contributed by atoms with van der Waals surface area (Å²) in [4.78, 5) is 15.7. The van der Waals surface area contributed by atoms with Gasteiger partial charge in [-0.05, 0) is 26.3 Å². The zero-order valence-corrected chi connectivity index (χ0v) is 9.64. The lowest BCUT2D eigenvalue weighted by Crippen LogP contribution is -2.19. The molecule has 0 spiro atoms. The molecule has 0 atom stereocenters. The fraction of sp³-hybridized carbons (Fsp3) is 0.600. The van der Waals surface area contributed by atoms with Gasteiger partial charge < -0.3 is 10.4 Å². The summed E-state index contributed by atoms with van der Waals surface area (Å²) >= 11 is 1.67. The highest BCUT2D eigenvalue weighted by Gasteiger charge is 2.00. The molecule has 0 amide bonds. The first-order valence-electron chi connectivity index (χ1n) is 5.01. The van der Waals surface area contributed by atoms with Crippen molar-refractivity contribution in [3.63, 3.8) is 0 Å². The number of aryl methyl sites for hydroxylation is 1. The lowest BCUT2D eigenvalue weighted by molar-refractivity contribution is -0.137. The maximum atomic E-state index is 10.2. The molecule has 0 aliphatic carbocycles. The van der Waals surface area contributed by atoms with Crippen LogP contribution in [0.3, 0.4) is 0 Å². The van der Waals surface area contributed by atoms with Crippen LogP contribution in [0, 0.1) is 6.92 Å². The van der Waals surface area contributed by atoms with Crippen LogP contribution in [0.4, 0.5) is 0 Å². The molecule has 84 valence electrons. The van der Waals surface area contributed by atoms with E-state index >= 15 is 0 Å². The molecule has 0 aliphatic rings. The van der Waals surface area contributed by atoms with Crippen LogP contribution >= 0.6 is 11.3 Å². The molecule has 0 aliphatic heterocycles. The van der Waals surface area contributed by atoms with Crippen molar-refractivity contribution in [1.29, 1.82) is 0 Å². The highest BCUT2D eigenvalue weighted by atomic mass is 32.1. The Morgan fingerprint density at radius 3 is 3.00 bits per heavy atom. The minimum atomic E-state index is -0.727. The summed E-state index contributed by atoms with van der Waals surface area (Å²) in [6.45, 7) is 3.67. The van der Waals surface area contributed by atoms with E-state index in [4.69, 9.17) is 5.11 Å². The van der Waals surface area contributed by atoms with Gasteiger partial charge in [-0.2, -0.15) is 0 Å². The van der Waals surface area contributed by atoms with Gasteiger partial charge in [-0.1, -0.05) is 0 Å². The molecular weight excluding hydrogens is 212 g/mol. The van der Waals surface area contributed by atoms with Crippen LogP contribution in [-0.2, 0) is 11.2 Å². The van der Waals surface area contributed by atoms with Crippen LogP contribution in [-0.4, -0.2) is 29.1 Å². The van der Waals surface area contributed by atoms with Crippen molar-refractivity contribution in [2.75, 3.05) is 13.1 Å². The van der Waals surface area contributed by atoms with Gasteiger partial charge in [-0.3, -0.25) is 4.79 Å². The normalized spacial score (nSPS) is 10.5. The van der Waals surface area contributed by atoms with Gasteiger partial charge in [0.05, 0.1) is 11.2 Å². The Morgan fingerprint density at radius 2 is 2.40 bits per heavy atom. The van der Waals surface area contributed by atoms with E-state index in [9.17, 15) is 4.79 Å². The third-order valence-corrected chi connectivity index (χ3v) is 3.11. The molecule has 0 bridgehead atoms. The number of aromatic nitrogens is 1. The first kappa shape index (κ1) is 12.1.